The van der Waals surface area contributed by atoms with Gasteiger partial charge in [-0.25, -0.2) is 0 Å². The zero-order valence-electron chi connectivity index (χ0n) is 14.4. The Morgan fingerprint density at radius 1 is 1.15 bits per heavy atom. The Bertz CT molecular complexity index is 840. The van der Waals surface area contributed by atoms with Crippen LogP contribution in [-0.2, 0) is 0 Å². The average Bonchev–Trinajstić information content (AvgIpc) is 3.44. The van der Waals surface area contributed by atoms with Crippen LogP contribution in [0.3, 0.4) is 0 Å². The van der Waals surface area contributed by atoms with E-state index >= 15 is 0 Å². The van der Waals surface area contributed by atoms with E-state index in [1.165, 1.54) is 28.7 Å². The summed E-state index contributed by atoms with van der Waals surface area (Å²) < 4.78 is 0. The molecule has 1 aliphatic rings. The quantitative estimate of drug-likeness (QED) is 0.728. The Balaban J connectivity index is 1.43. The molecular formula is C19H21N5OS. The summed E-state index contributed by atoms with van der Waals surface area (Å²) in [7, 11) is 0. The van der Waals surface area contributed by atoms with E-state index in [2.05, 4.69) is 37.9 Å². The maximum atomic E-state index is 12.5. The highest BCUT2D eigenvalue weighted by Gasteiger charge is 2.25. The van der Waals surface area contributed by atoms with Crippen LogP contribution in [0.5, 0.6) is 0 Å². The smallest absolute Gasteiger partial charge is 0.273 e. The number of hydrogen-bond donors (Lipinski definition) is 1. The molecule has 0 unspecified atom stereocenters. The molecule has 1 saturated heterocycles. The lowest BCUT2D eigenvalue weighted by Crippen LogP contribution is -2.36. The van der Waals surface area contributed by atoms with Gasteiger partial charge in [0, 0.05) is 11.4 Å². The molecule has 1 atom stereocenters. The summed E-state index contributed by atoms with van der Waals surface area (Å²) in [6.45, 7) is 2.75. The van der Waals surface area contributed by atoms with Crippen LogP contribution in [0.2, 0.25) is 0 Å². The van der Waals surface area contributed by atoms with Crippen LogP contribution in [0.15, 0.2) is 54.0 Å². The molecule has 3 aromatic rings. The fourth-order valence-electron chi connectivity index (χ4n) is 3.28. The highest BCUT2D eigenvalue weighted by Crippen LogP contribution is 2.27. The second-order valence-corrected chi connectivity index (χ2v) is 7.32. The Labute approximate surface area is 156 Å². The molecule has 0 saturated carbocycles. The van der Waals surface area contributed by atoms with Gasteiger partial charge in [0.2, 0.25) is 0 Å². The molecule has 1 amide bonds. The average molecular weight is 367 g/mol. The summed E-state index contributed by atoms with van der Waals surface area (Å²) in [5.74, 6) is -0.187. The van der Waals surface area contributed by atoms with Crippen molar-refractivity contribution in [3.05, 3.63) is 64.6 Å². The van der Waals surface area contributed by atoms with E-state index in [4.69, 9.17) is 0 Å². The summed E-state index contributed by atoms with van der Waals surface area (Å²) in [4.78, 5) is 17.8. The molecule has 1 N–H and O–H groups in total. The summed E-state index contributed by atoms with van der Waals surface area (Å²) in [6, 6.07) is 14.0. The van der Waals surface area contributed by atoms with Crippen LogP contribution in [-0.4, -0.2) is 45.4 Å². The monoisotopic (exact) mass is 367 g/mol. The zero-order valence-corrected chi connectivity index (χ0v) is 15.2. The first kappa shape index (κ1) is 16.9. The van der Waals surface area contributed by atoms with Crippen molar-refractivity contribution >= 4 is 17.2 Å². The van der Waals surface area contributed by atoms with Crippen molar-refractivity contribution in [2.24, 2.45) is 0 Å². The predicted molar refractivity (Wildman–Crippen MR) is 102 cm³/mol. The van der Waals surface area contributed by atoms with E-state index in [1.54, 1.807) is 11.3 Å². The number of benzene rings is 1. The molecule has 4 rings (SSSR count). The van der Waals surface area contributed by atoms with Gasteiger partial charge in [-0.15, -0.1) is 16.4 Å². The van der Waals surface area contributed by atoms with Crippen molar-refractivity contribution in [3.63, 3.8) is 0 Å². The van der Waals surface area contributed by atoms with Crippen LogP contribution in [0, 0.1) is 0 Å². The number of carbonyl (C=O) groups excluding carboxylic acids is 1. The minimum atomic E-state index is -0.187. The number of hydrogen-bond acceptors (Lipinski definition) is 5. The molecule has 0 bridgehead atoms. The minimum Gasteiger partial charge on any atom is -0.349 e. The van der Waals surface area contributed by atoms with Gasteiger partial charge in [-0.05, 0) is 49.5 Å². The van der Waals surface area contributed by atoms with Gasteiger partial charge in [0.05, 0.1) is 17.9 Å². The normalized spacial score (nSPS) is 15.8. The van der Waals surface area contributed by atoms with E-state index in [-0.39, 0.29) is 11.9 Å². The van der Waals surface area contributed by atoms with Crippen molar-refractivity contribution in [2.45, 2.75) is 18.9 Å². The van der Waals surface area contributed by atoms with E-state index < -0.39 is 0 Å². The maximum Gasteiger partial charge on any atom is 0.273 e. The lowest BCUT2D eigenvalue weighted by molar-refractivity contribution is 0.0933. The SMILES string of the molecule is O=C(NC[C@H](c1cccs1)N1CCCC1)c1cnn(-c2ccccc2)n1. The number of aromatic nitrogens is 3. The number of rotatable bonds is 6. The third-order valence-electron chi connectivity index (χ3n) is 4.62. The fourth-order valence-corrected chi connectivity index (χ4v) is 4.14. The van der Waals surface area contributed by atoms with Gasteiger partial charge in [-0.2, -0.15) is 9.90 Å². The van der Waals surface area contributed by atoms with Gasteiger partial charge < -0.3 is 5.32 Å². The molecule has 0 aliphatic carbocycles. The largest absolute Gasteiger partial charge is 0.349 e. The van der Waals surface area contributed by atoms with Crippen LogP contribution in [0.1, 0.15) is 34.2 Å². The van der Waals surface area contributed by atoms with Gasteiger partial charge in [-0.3, -0.25) is 9.69 Å². The lowest BCUT2D eigenvalue weighted by Gasteiger charge is -2.26. The van der Waals surface area contributed by atoms with E-state index in [0.29, 0.717) is 12.2 Å². The lowest BCUT2D eigenvalue weighted by atomic mass is 10.2. The standard InChI is InChI=1S/C19H21N5OS/c25-19(16-13-21-24(22-16)15-7-2-1-3-8-15)20-14-17(18-9-6-12-26-18)23-10-4-5-11-23/h1-3,6-9,12-13,17H,4-5,10-11,14H2,(H,20,25)/t17-/m1/s1. The maximum absolute atomic E-state index is 12.5. The van der Waals surface area contributed by atoms with Crippen LogP contribution >= 0.6 is 11.3 Å². The molecule has 26 heavy (non-hydrogen) atoms. The molecule has 0 radical (unpaired) electrons. The topological polar surface area (TPSA) is 63.1 Å². The Morgan fingerprint density at radius 3 is 2.69 bits per heavy atom. The molecule has 0 spiro atoms. The van der Waals surface area contributed by atoms with Gasteiger partial charge in [0.1, 0.15) is 0 Å². The summed E-state index contributed by atoms with van der Waals surface area (Å²) in [5, 5.41) is 13.6. The van der Waals surface area contributed by atoms with Crippen molar-refractivity contribution in [1.82, 2.24) is 25.2 Å². The molecule has 1 aliphatic heterocycles. The van der Waals surface area contributed by atoms with Gasteiger partial charge >= 0.3 is 0 Å². The van der Waals surface area contributed by atoms with Crippen molar-refractivity contribution in [1.29, 1.82) is 0 Å². The van der Waals surface area contributed by atoms with E-state index in [9.17, 15) is 4.79 Å². The fraction of sp³-hybridized carbons (Fsp3) is 0.316. The summed E-state index contributed by atoms with van der Waals surface area (Å²) in [5.41, 5.74) is 1.17. The van der Waals surface area contributed by atoms with Crippen molar-refractivity contribution in [2.75, 3.05) is 19.6 Å². The Kier molecular flexibility index (Phi) is 5.08. The second-order valence-electron chi connectivity index (χ2n) is 6.34. The molecule has 6 nitrogen and oxygen atoms in total. The number of nitrogens with one attached hydrogen (secondary N) is 1. The first-order valence-corrected chi connectivity index (χ1v) is 9.72. The number of carbonyl (C=O) groups is 1. The number of para-hydroxylation sites is 1. The van der Waals surface area contributed by atoms with Gasteiger partial charge in [0.25, 0.3) is 5.91 Å². The Hall–Kier alpha value is -2.51. The zero-order chi connectivity index (χ0) is 17.8. The molecule has 3 heterocycles. The van der Waals surface area contributed by atoms with E-state index in [1.807, 2.05) is 30.3 Å². The number of thiophene rings is 1. The predicted octanol–water partition coefficient (Wildman–Crippen LogP) is 2.90. The third kappa shape index (κ3) is 3.68. The number of likely N-dealkylation sites (tertiary alicyclic amines) is 1. The van der Waals surface area contributed by atoms with Crippen LogP contribution in [0.25, 0.3) is 5.69 Å². The molecule has 2 aromatic heterocycles. The Morgan fingerprint density at radius 2 is 1.96 bits per heavy atom. The van der Waals surface area contributed by atoms with Crippen molar-refractivity contribution in [3.8, 4) is 5.69 Å². The van der Waals surface area contributed by atoms with E-state index in [0.717, 1.165) is 18.8 Å². The van der Waals surface area contributed by atoms with Crippen molar-refractivity contribution < 1.29 is 4.79 Å². The highest BCUT2D eigenvalue weighted by molar-refractivity contribution is 7.10. The van der Waals surface area contributed by atoms with Crippen LogP contribution in [0.4, 0.5) is 0 Å². The molecule has 134 valence electrons. The summed E-state index contributed by atoms with van der Waals surface area (Å²) >= 11 is 1.74. The van der Waals surface area contributed by atoms with Gasteiger partial charge in [-0.1, -0.05) is 24.3 Å². The first-order valence-electron chi connectivity index (χ1n) is 8.85. The van der Waals surface area contributed by atoms with Crippen LogP contribution < -0.4 is 5.32 Å². The first-order chi connectivity index (χ1) is 12.8. The third-order valence-corrected chi connectivity index (χ3v) is 5.59. The molecule has 1 fully saturated rings. The molecule has 1 aromatic carbocycles. The molecular weight excluding hydrogens is 346 g/mol. The second kappa shape index (κ2) is 7.80. The highest BCUT2D eigenvalue weighted by atomic mass is 32.1. The number of nitrogens with zero attached hydrogens (tertiary/aromatic N) is 4. The molecule has 7 heteroatoms. The van der Waals surface area contributed by atoms with Gasteiger partial charge in [0.15, 0.2) is 5.69 Å². The summed E-state index contributed by atoms with van der Waals surface area (Å²) in [6.07, 6.45) is 3.96. The number of amides is 1. The minimum absolute atomic E-state index is 0.187.